The summed E-state index contributed by atoms with van der Waals surface area (Å²) in [5.74, 6) is 0.473. The predicted molar refractivity (Wildman–Crippen MR) is 102 cm³/mol. The molecule has 1 aliphatic rings. The summed E-state index contributed by atoms with van der Waals surface area (Å²) in [6, 6.07) is 12.1. The number of hydrogen-bond donors (Lipinski definition) is 2. The number of para-hydroxylation sites is 2. The molecule has 3 amide bonds. The molecule has 6 heteroatoms. The first kappa shape index (κ1) is 17.8. The largest absolute Gasteiger partial charge is 0.495 e. The summed E-state index contributed by atoms with van der Waals surface area (Å²) in [5, 5.41) is 5.49. The Morgan fingerprint density at radius 1 is 1.15 bits per heavy atom. The topological polar surface area (TPSA) is 70.7 Å². The maximum absolute atomic E-state index is 12.7. The van der Waals surface area contributed by atoms with E-state index in [0.717, 1.165) is 11.3 Å². The van der Waals surface area contributed by atoms with E-state index in [1.54, 1.807) is 30.2 Å². The number of carbonyl (C=O) groups excluding carboxylic acids is 2. The van der Waals surface area contributed by atoms with E-state index in [2.05, 4.69) is 10.6 Å². The van der Waals surface area contributed by atoms with Crippen LogP contribution >= 0.6 is 0 Å². The van der Waals surface area contributed by atoms with Gasteiger partial charge in [-0.3, -0.25) is 4.79 Å². The lowest BCUT2D eigenvalue weighted by Crippen LogP contribution is -2.43. The normalized spacial score (nSPS) is 16.5. The van der Waals surface area contributed by atoms with Crippen LogP contribution in [0.1, 0.15) is 17.5 Å². The molecule has 1 saturated heterocycles. The zero-order valence-corrected chi connectivity index (χ0v) is 15.2. The molecule has 136 valence electrons. The fourth-order valence-electron chi connectivity index (χ4n) is 3.03. The second-order valence-electron chi connectivity index (χ2n) is 6.40. The molecule has 0 saturated carbocycles. The standard InChI is InChI=1S/C20H23N3O3/c1-13-8-9-15(12-14(13)2)23-11-10-17(19(23)24)22-20(25)21-16-6-4-5-7-18(16)26-3/h4-9,12,17H,10-11H2,1-3H3,(H2,21,22,25). The van der Waals surface area contributed by atoms with Crippen molar-refractivity contribution in [1.29, 1.82) is 0 Å². The fourth-order valence-corrected chi connectivity index (χ4v) is 3.03. The average Bonchev–Trinajstić information content (AvgIpc) is 2.98. The molecule has 0 bridgehead atoms. The van der Waals surface area contributed by atoms with Crippen molar-refractivity contribution in [3.8, 4) is 5.75 Å². The molecule has 3 rings (SSSR count). The number of nitrogens with zero attached hydrogens (tertiary/aromatic N) is 1. The first-order valence-electron chi connectivity index (χ1n) is 8.59. The highest BCUT2D eigenvalue weighted by Gasteiger charge is 2.33. The Labute approximate surface area is 153 Å². The van der Waals surface area contributed by atoms with E-state index in [1.165, 1.54) is 5.56 Å². The van der Waals surface area contributed by atoms with Crippen LogP contribution in [0.25, 0.3) is 0 Å². The van der Waals surface area contributed by atoms with Crippen LogP contribution in [0.15, 0.2) is 42.5 Å². The van der Waals surface area contributed by atoms with Gasteiger partial charge in [0.1, 0.15) is 11.8 Å². The van der Waals surface area contributed by atoms with Gasteiger partial charge >= 0.3 is 6.03 Å². The number of nitrogens with one attached hydrogen (secondary N) is 2. The Morgan fingerprint density at radius 3 is 2.65 bits per heavy atom. The van der Waals surface area contributed by atoms with Crippen LogP contribution in [0, 0.1) is 13.8 Å². The fraction of sp³-hybridized carbons (Fsp3) is 0.300. The number of methoxy groups -OCH3 is 1. The molecule has 2 aromatic carbocycles. The van der Waals surface area contributed by atoms with Crippen molar-refractivity contribution >= 4 is 23.3 Å². The molecule has 0 spiro atoms. The third kappa shape index (κ3) is 3.64. The molecule has 0 aliphatic carbocycles. The van der Waals surface area contributed by atoms with Crippen molar-refractivity contribution in [3.63, 3.8) is 0 Å². The zero-order valence-electron chi connectivity index (χ0n) is 15.2. The minimum absolute atomic E-state index is 0.0940. The van der Waals surface area contributed by atoms with E-state index in [4.69, 9.17) is 4.74 Å². The van der Waals surface area contributed by atoms with E-state index in [0.29, 0.717) is 24.4 Å². The van der Waals surface area contributed by atoms with Gasteiger partial charge in [0.2, 0.25) is 5.91 Å². The molecular weight excluding hydrogens is 330 g/mol. The van der Waals surface area contributed by atoms with Crippen molar-refractivity contribution in [2.45, 2.75) is 26.3 Å². The summed E-state index contributed by atoms with van der Waals surface area (Å²) in [7, 11) is 1.54. The number of carbonyl (C=O) groups is 2. The Bertz CT molecular complexity index is 835. The summed E-state index contributed by atoms with van der Waals surface area (Å²) in [6.45, 7) is 4.65. The van der Waals surface area contributed by atoms with E-state index in [9.17, 15) is 9.59 Å². The first-order chi connectivity index (χ1) is 12.5. The molecule has 26 heavy (non-hydrogen) atoms. The number of anilines is 2. The summed E-state index contributed by atoms with van der Waals surface area (Å²) in [5.41, 5.74) is 3.75. The lowest BCUT2D eigenvalue weighted by Gasteiger charge is -2.18. The molecular formula is C20H23N3O3. The van der Waals surface area contributed by atoms with E-state index in [1.807, 2.05) is 38.1 Å². The van der Waals surface area contributed by atoms with Crippen LogP contribution in [-0.4, -0.2) is 31.6 Å². The monoisotopic (exact) mass is 353 g/mol. The number of aryl methyl sites for hydroxylation is 2. The Hall–Kier alpha value is -3.02. The van der Waals surface area contributed by atoms with Crippen molar-refractivity contribution in [2.75, 3.05) is 23.9 Å². The van der Waals surface area contributed by atoms with Gasteiger partial charge in [0.05, 0.1) is 12.8 Å². The van der Waals surface area contributed by atoms with Crippen molar-refractivity contribution in [3.05, 3.63) is 53.6 Å². The number of rotatable bonds is 4. The van der Waals surface area contributed by atoms with E-state index in [-0.39, 0.29) is 5.91 Å². The molecule has 0 radical (unpaired) electrons. The van der Waals surface area contributed by atoms with Gasteiger partial charge in [-0.25, -0.2) is 4.79 Å². The molecule has 6 nitrogen and oxygen atoms in total. The van der Waals surface area contributed by atoms with Crippen LogP contribution in [0.4, 0.5) is 16.2 Å². The van der Waals surface area contributed by atoms with E-state index < -0.39 is 12.1 Å². The van der Waals surface area contributed by atoms with Gasteiger partial charge in [0.25, 0.3) is 0 Å². The third-order valence-electron chi connectivity index (χ3n) is 4.67. The minimum atomic E-state index is -0.536. The average molecular weight is 353 g/mol. The van der Waals surface area contributed by atoms with Crippen LogP contribution in [0.3, 0.4) is 0 Å². The Kier molecular flexibility index (Phi) is 5.11. The lowest BCUT2D eigenvalue weighted by atomic mass is 10.1. The number of ether oxygens (including phenoxy) is 1. The number of benzene rings is 2. The molecule has 0 aromatic heterocycles. The minimum Gasteiger partial charge on any atom is -0.495 e. The van der Waals surface area contributed by atoms with Crippen LogP contribution in [0.5, 0.6) is 5.75 Å². The van der Waals surface area contributed by atoms with Gasteiger partial charge in [0.15, 0.2) is 0 Å². The molecule has 1 heterocycles. The highest BCUT2D eigenvalue weighted by Crippen LogP contribution is 2.25. The van der Waals surface area contributed by atoms with Gasteiger partial charge < -0.3 is 20.3 Å². The molecule has 1 fully saturated rings. The molecule has 1 unspecified atom stereocenters. The SMILES string of the molecule is COc1ccccc1NC(=O)NC1CCN(c2ccc(C)c(C)c2)C1=O. The second kappa shape index (κ2) is 7.47. The quantitative estimate of drug-likeness (QED) is 0.886. The van der Waals surface area contributed by atoms with Gasteiger partial charge in [-0.2, -0.15) is 0 Å². The molecule has 2 N–H and O–H groups in total. The van der Waals surface area contributed by atoms with Crippen molar-refractivity contribution in [1.82, 2.24) is 5.32 Å². The highest BCUT2D eigenvalue weighted by molar-refractivity contribution is 6.02. The van der Waals surface area contributed by atoms with Crippen LogP contribution in [0.2, 0.25) is 0 Å². The van der Waals surface area contributed by atoms with Gasteiger partial charge in [-0.1, -0.05) is 18.2 Å². The summed E-state index contributed by atoms with van der Waals surface area (Å²) >= 11 is 0. The van der Waals surface area contributed by atoms with Crippen molar-refractivity contribution < 1.29 is 14.3 Å². The Balaban J connectivity index is 1.65. The van der Waals surface area contributed by atoms with Crippen molar-refractivity contribution in [2.24, 2.45) is 0 Å². The number of urea groups is 1. The van der Waals surface area contributed by atoms with Gasteiger partial charge in [-0.05, 0) is 55.7 Å². The Morgan fingerprint density at radius 2 is 1.92 bits per heavy atom. The van der Waals surface area contributed by atoms with Gasteiger partial charge in [-0.15, -0.1) is 0 Å². The van der Waals surface area contributed by atoms with Gasteiger partial charge in [0, 0.05) is 12.2 Å². The van der Waals surface area contributed by atoms with E-state index >= 15 is 0 Å². The van der Waals surface area contributed by atoms with Crippen LogP contribution in [-0.2, 0) is 4.79 Å². The number of hydrogen-bond acceptors (Lipinski definition) is 3. The predicted octanol–water partition coefficient (Wildman–Crippen LogP) is 3.24. The maximum Gasteiger partial charge on any atom is 0.319 e. The summed E-state index contributed by atoms with van der Waals surface area (Å²) < 4.78 is 5.22. The maximum atomic E-state index is 12.7. The van der Waals surface area contributed by atoms with Crippen LogP contribution < -0.4 is 20.3 Å². The highest BCUT2D eigenvalue weighted by atomic mass is 16.5. The summed E-state index contributed by atoms with van der Waals surface area (Å²) in [4.78, 5) is 26.7. The molecule has 1 aliphatic heterocycles. The summed E-state index contributed by atoms with van der Waals surface area (Å²) in [6.07, 6.45) is 0.575. The molecule has 2 aromatic rings. The third-order valence-corrected chi connectivity index (χ3v) is 4.67. The lowest BCUT2D eigenvalue weighted by molar-refractivity contribution is -0.118. The zero-order chi connectivity index (χ0) is 18.7. The number of amides is 3. The smallest absolute Gasteiger partial charge is 0.319 e. The first-order valence-corrected chi connectivity index (χ1v) is 8.59. The molecule has 1 atom stereocenters. The second-order valence-corrected chi connectivity index (χ2v) is 6.40.